The van der Waals surface area contributed by atoms with E-state index in [1.54, 1.807) is 0 Å². The van der Waals surface area contributed by atoms with Crippen LogP contribution in [0.1, 0.15) is 11.1 Å². The van der Waals surface area contributed by atoms with Gasteiger partial charge >= 0.3 is 0 Å². The molecule has 2 heterocycles. The minimum atomic E-state index is 0.0688. The molecule has 82 valence electrons. The number of benzene rings is 1. The third-order valence-electron chi connectivity index (χ3n) is 2.80. The average molecular weight is 218 g/mol. The number of carbonyl (C=O) groups excluding carboxylic acids is 2. The molecule has 0 saturated heterocycles. The van der Waals surface area contributed by atoms with E-state index < -0.39 is 0 Å². The second kappa shape index (κ2) is 3.33. The fraction of sp³-hybridized carbons (Fsp3) is 0.333. The molecule has 0 unspecified atom stereocenters. The van der Waals surface area contributed by atoms with E-state index in [-0.39, 0.29) is 24.8 Å². The molecule has 0 aliphatic carbocycles. The number of fused-ring (bicyclic) bond motifs is 2. The maximum atomic E-state index is 11.2. The van der Waals surface area contributed by atoms with Crippen molar-refractivity contribution in [3.05, 3.63) is 23.3 Å². The molecular weight excluding hydrogens is 208 g/mol. The number of hydrogen-bond acceptors (Lipinski definition) is 4. The van der Waals surface area contributed by atoms with Crippen molar-refractivity contribution in [1.29, 1.82) is 0 Å². The van der Waals surface area contributed by atoms with E-state index in [1.807, 2.05) is 12.1 Å². The van der Waals surface area contributed by atoms with Gasteiger partial charge in [0, 0.05) is 24.0 Å². The molecule has 1 aromatic carbocycles. The number of hydrogen-bond donors (Lipinski definition) is 0. The van der Waals surface area contributed by atoms with E-state index in [4.69, 9.17) is 9.47 Å². The van der Waals surface area contributed by atoms with Crippen molar-refractivity contribution in [2.45, 2.75) is 12.8 Å². The summed E-state index contributed by atoms with van der Waals surface area (Å²) in [6, 6.07) is 3.63. The molecule has 0 aromatic heterocycles. The molecule has 0 bridgehead atoms. The first kappa shape index (κ1) is 9.39. The fourth-order valence-electron chi connectivity index (χ4n) is 2.03. The molecule has 0 saturated carbocycles. The predicted molar refractivity (Wildman–Crippen MR) is 54.9 cm³/mol. The van der Waals surface area contributed by atoms with E-state index in [9.17, 15) is 9.59 Å². The van der Waals surface area contributed by atoms with Gasteiger partial charge in [0.15, 0.2) is 11.6 Å². The Kier molecular flexibility index (Phi) is 1.96. The zero-order chi connectivity index (χ0) is 11.1. The van der Waals surface area contributed by atoms with Crippen LogP contribution in [-0.2, 0) is 22.4 Å². The SMILES string of the molecule is O=C1COc2cc3c(cc2C1)OCC(=O)C3. The number of carbonyl (C=O) groups is 2. The molecule has 2 aliphatic heterocycles. The first-order valence-electron chi connectivity index (χ1n) is 5.17. The van der Waals surface area contributed by atoms with Gasteiger partial charge in [-0.1, -0.05) is 0 Å². The van der Waals surface area contributed by atoms with Crippen LogP contribution >= 0.6 is 0 Å². The first-order chi connectivity index (χ1) is 7.72. The highest BCUT2D eigenvalue weighted by Crippen LogP contribution is 2.33. The zero-order valence-electron chi connectivity index (χ0n) is 8.62. The monoisotopic (exact) mass is 218 g/mol. The molecule has 0 atom stereocenters. The van der Waals surface area contributed by atoms with Crippen molar-refractivity contribution in [3.63, 3.8) is 0 Å². The van der Waals surface area contributed by atoms with Gasteiger partial charge in [0.25, 0.3) is 0 Å². The third kappa shape index (κ3) is 1.46. The van der Waals surface area contributed by atoms with Gasteiger partial charge in [-0.25, -0.2) is 0 Å². The number of ether oxygens (including phenoxy) is 2. The van der Waals surface area contributed by atoms with Crippen LogP contribution in [0.15, 0.2) is 12.1 Å². The van der Waals surface area contributed by atoms with Crippen molar-refractivity contribution in [2.75, 3.05) is 13.2 Å². The number of Topliss-reactive ketones (excluding diaryl/α,β-unsaturated/α-hetero) is 2. The topological polar surface area (TPSA) is 52.6 Å². The fourth-order valence-corrected chi connectivity index (χ4v) is 2.03. The normalized spacial score (nSPS) is 18.2. The highest BCUT2D eigenvalue weighted by Gasteiger charge is 2.23. The smallest absolute Gasteiger partial charge is 0.174 e. The van der Waals surface area contributed by atoms with Crippen LogP contribution in [0.4, 0.5) is 0 Å². The van der Waals surface area contributed by atoms with Crippen molar-refractivity contribution < 1.29 is 19.1 Å². The summed E-state index contributed by atoms with van der Waals surface area (Å²) in [5.41, 5.74) is 1.70. The summed E-state index contributed by atoms with van der Waals surface area (Å²) in [6.45, 7) is 0.251. The second-order valence-corrected chi connectivity index (χ2v) is 4.08. The van der Waals surface area contributed by atoms with Crippen molar-refractivity contribution in [2.24, 2.45) is 0 Å². The van der Waals surface area contributed by atoms with Gasteiger partial charge in [0.05, 0.1) is 0 Å². The lowest BCUT2D eigenvalue weighted by molar-refractivity contribution is -0.122. The summed E-state index contributed by atoms with van der Waals surface area (Å²) in [7, 11) is 0. The van der Waals surface area contributed by atoms with Crippen LogP contribution in [0.5, 0.6) is 11.5 Å². The van der Waals surface area contributed by atoms with E-state index in [0.717, 1.165) is 11.1 Å². The lowest BCUT2D eigenvalue weighted by Crippen LogP contribution is -2.23. The molecule has 1 aromatic rings. The molecular formula is C12H10O4. The third-order valence-corrected chi connectivity index (χ3v) is 2.80. The lowest BCUT2D eigenvalue weighted by Gasteiger charge is -2.22. The van der Waals surface area contributed by atoms with Crippen LogP contribution in [-0.4, -0.2) is 24.8 Å². The van der Waals surface area contributed by atoms with Gasteiger partial charge in [0.1, 0.15) is 24.7 Å². The minimum absolute atomic E-state index is 0.0688. The maximum absolute atomic E-state index is 11.2. The standard InChI is InChI=1S/C12H10O4/c13-9-1-7-3-12-8(2-10(14)6-16-12)4-11(7)15-5-9/h3-4H,1-2,5-6H2. The number of rotatable bonds is 0. The highest BCUT2D eigenvalue weighted by atomic mass is 16.5. The molecule has 3 rings (SSSR count). The van der Waals surface area contributed by atoms with E-state index in [2.05, 4.69) is 0 Å². The molecule has 0 amide bonds. The summed E-state index contributed by atoms with van der Waals surface area (Å²) < 4.78 is 10.6. The predicted octanol–water partition coefficient (Wildman–Crippen LogP) is 0.695. The average Bonchev–Trinajstić information content (AvgIpc) is 2.26. The van der Waals surface area contributed by atoms with Crippen LogP contribution in [0.3, 0.4) is 0 Å². The lowest BCUT2D eigenvalue weighted by atomic mass is 9.98. The Labute approximate surface area is 92.2 Å². The Balaban J connectivity index is 2.05. The largest absolute Gasteiger partial charge is 0.486 e. The summed E-state index contributed by atoms with van der Waals surface area (Å²) in [5, 5.41) is 0. The molecule has 0 fully saturated rings. The Morgan fingerprint density at radius 2 is 1.25 bits per heavy atom. The molecule has 16 heavy (non-hydrogen) atoms. The summed E-state index contributed by atoms with van der Waals surface area (Å²) in [6.07, 6.45) is 0.778. The number of ketones is 2. The van der Waals surface area contributed by atoms with Gasteiger partial charge in [-0.2, -0.15) is 0 Å². The minimum Gasteiger partial charge on any atom is -0.486 e. The maximum Gasteiger partial charge on any atom is 0.174 e. The molecule has 0 radical (unpaired) electrons. The van der Waals surface area contributed by atoms with Crippen molar-refractivity contribution in [3.8, 4) is 11.5 Å². The van der Waals surface area contributed by atoms with E-state index in [0.29, 0.717) is 24.3 Å². The highest BCUT2D eigenvalue weighted by molar-refractivity contribution is 5.87. The van der Waals surface area contributed by atoms with E-state index in [1.165, 1.54) is 0 Å². The van der Waals surface area contributed by atoms with Gasteiger partial charge in [-0.3, -0.25) is 9.59 Å². The second-order valence-electron chi connectivity index (χ2n) is 4.08. The first-order valence-corrected chi connectivity index (χ1v) is 5.17. The molecule has 0 N–H and O–H groups in total. The quantitative estimate of drug-likeness (QED) is 0.643. The summed E-state index contributed by atoms with van der Waals surface area (Å²) in [4.78, 5) is 22.5. The Morgan fingerprint density at radius 1 is 0.812 bits per heavy atom. The van der Waals surface area contributed by atoms with Crippen LogP contribution < -0.4 is 9.47 Å². The summed E-state index contributed by atoms with van der Waals surface area (Å²) in [5.74, 6) is 1.55. The Bertz CT molecular complexity index is 444. The van der Waals surface area contributed by atoms with Crippen molar-refractivity contribution in [1.82, 2.24) is 0 Å². The van der Waals surface area contributed by atoms with Crippen LogP contribution in [0.2, 0.25) is 0 Å². The van der Waals surface area contributed by atoms with Gasteiger partial charge in [-0.15, -0.1) is 0 Å². The summed E-state index contributed by atoms with van der Waals surface area (Å²) >= 11 is 0. The molecule has 2 aliphatic rings. The zero-order valence-corrected chi connectivity index (χ0v) is 8.62. The molecule has 4 nitrogen and oxygen atoms in total. The van der Waals surface area contributed by atoms with Gasteiger partial charge in [0.2, 0.25) is 0 Å². The van der Waals surface area contributed by atoms with Gasteiger partial charge in [-0.05, 0) is 12.1 Å². The van der Waals surface area contributed by atoms with Crippen LogP contribution in [0, 0.1) is 0 Å². The van der Waals surface area contributed by atoms with Crippen LogP contribution in [0.25, 0.3) is 0 Å². The Hall–Kier alpha value is -1.84. The van der Waals surface area contributed by atoms with Gasteiger partial charge < -0.3 is 9.47 Å². The molecule has 4 heteroatoms. The Morgan fingerprint density at radius 3 is 1.69 bits per heavy atom. The van der Waals surface area contributed by atoms with Crippen molar-refractivity contribution >= 4 is 11.6 Å². The molecule has 0 spiro atoms. The van der Waals surface area contributed by atoms with E-state index >= 15 is 0 Å².